The summed E-state index contributed by atoms with van der Waals surface area (Å²) in [5.41, 5.74) is 3.23. The number of methoxy groups -OCH3 is 2. The van der Waals surface area contributed by atoms with Gasteiger partial charge in [-0.3, -0.25) is 4.79 Å². The van der Waals surface area contributed by atoms with Crippen LogP contribution in [-0.2, 0) is 11.3 Å². The Hall–Kier alpha value is -4.66. The molecule has 0 fully saturated rings. The number of carbonyl (C=O) groups is 1. The number of H-pyrrole nitrogens is 1. The number of fused-ring (bicyclic) bond motifs is 2. The summed E-state index contributed by atoms with van der Waals surface area (Å²) in [5.74, 6) is 1.29. The lowest BCUT2D eigenvalue weighted by Crippen LogP contribution is -2.08. The number of aromatic nitrogens is 3. The second-order valence-electron chi connectivity index (χ2n) is 7.57. The molecule has 0 atom stereocenters. The maximum absolute atomic E-state index is 12.9. The summed E-state index contributed by atoms with van der Waals surface area (Å²) in [4.78, 5) is 20.4. The first-order chi connectivity index (χ1) is 16.6. The van der Waals surface area contributed by atoms with Crippen molar-refractivity contribution in [2.45, 2.75) is 6.54 Å². The summed E-state index contributed by atoms with van der Waals surface area (Å²) in [6, 6.07) is 20.3. The molecule has 3 aromatic carbocycles. The molecule has 9 nitrogen and oxygen atoms in total. The van der Waals surface area contributed by atoms with Gasteiger partial charge >= 0.3 is 0 Å². The van der Waals surface area contributed by atoms with Crippen LogP contribution in [0.15, 0.2) is 77.0 Å². The fourth-order valence-electron chi connectivity index (χ4n) is 3.84. The van der Waals surface area contributed by atoms with E-state index in [4.69, 9.17) is 14.5 Å². The van der Waals surface area contributed by atoms with E-state index in [9.17, 15) is 9.90 Å². The zero-order valence-corrected chi connectivity index (χ0v) is 18.5. The molecule has 0 unspecified atom stereocenters. The molecule has 34 heavy (non-hydrogen) atoms. The molecule has 0 saturated heterocycles. The molecule has 0 aliphatic heterocycles. The van der Waals surface area contributed by atoms with E-state index >= 15 is 0 Å². The predicted molar refractivity (Wildman–Crippen MR) is 128 cm³/mol. The second kappa shape index (κ2) is 8.70. The van der Waals surface area contributed by atoms with Crippen molar-refractivity contribution in [3.05, 3.63) is 66.7 Å². The standard InChI is InChI=1S/C25H21N5O4/c1-33-16-9-7-15(8-10-16)24-26-20-5-3-4-6-21(20)30(24)14-22(31)28-29-23-18-13-17(34-2)11-12-19(18)27-25(23)32/h3-13,27,32H,14H2,1-2H3. The minimum absolute atomic E-state index is 0.0716. The number of aromatic hydroxyl groups is 1. The van der Waals surface area contributed by atoms with Gasteiger partial charge in [0, 0.05) is 10.9 Å². The molecule has 0 aliphatic rings. The highest BCUT2D eigenvalue weighted by atomic mass is 16.5. The summed E-state index contributed by atoms with van der Waals surface area (Å²) in [6.45, 7) is -0.0716. The van der Waals surface area contributed by atoms with Crippen molar-refractivity contribution in [2.75, 3.05) is 14.2 Å². The summed E-state index contributed by atoms with van der Waals surface area (Å²) in [7, 11) is 3.16. The van der Waals surface area contributed by atoms with E-state index in [-0.39, 0.29) is 18.1 Å². The van der Waals surface area contributed by atoms with Crippen molar-refractivity contribution in [3.8, 4) is 28.8 Å². The summed E-state index contributed by atoms with van der Waals surface area (Å²) < 4.78 is 12.3. The molecular weight excluding hydrogens is 434 g/mol. The number of benzene rings is 3. The minimum Gasteiger partial charge on any atom is -0.497 e. The fraction of sp³-hybridized carbons (Fsp3) is 0.120. The zero-order chi connectivity index (χ0) is 23.7. The lowest BCUT2D eigenvalue weighted by Gasteiger charge is -2.07. The molecule has 2 N–H and O–H groups in total. The first-order valence-corrected chi connectivity index (χ1v) is 10.5. The molecule has 0 aliphatic carbocycles. The van der Waals surface area contributed by atoms with Gasteiger partial charge in [-0.1, -0.05) is 12.1 Å². The minimum atomic E-state index is -0.491. The van der Waals surface area contributed by atoms with Crippen LogP contribution in [0.1, 0.15) is 0 Å². The summed E-state index contributed by atoms with van der Waals surface area (Å²) >= 11 is 0. The SMILES string of the molecule is COc1ccc(-c2nc3ccccc3n2CC(=O)N=Nc2c(O)[nH]c3ccc(OC)cc23)cc1. The van der Waals surface area contributed by atoms with Gasteiger partial charge in [-0.15, -0.1) is 10.2 Å². The van der Waals surface area contributed by atoms with Gasteiger partial charge in [-0.05, 0) is 54.6 Å². The van der Waals surface area contributed by atoms with E-state index in [2.05, 4.69) is 15.2 Å². The average Bonchev–Trinajstić information content (AvgIpc) is 3.39. The fourth-order valence-corrected chi connectivity index (χ4v) is 3.84. The van der Waals surface area contributed by atoms with Crippen LogP contribution < -0.4 is 9.47 Å². The predicted octanol–water partition coefficient (Wildman–Crippen LogP) is 5.22. The number of imidazole rings is 1. The number of nitrogens with one attached hydrogen (secondary N) is 1. The van der Waals surface area contributed by atoms with E-state index in [1.54, 1.807) is 37.0 Å². The Labute approximate surface area is 194 Å². The zero-order valence-electron chi connectivity index (χ0n) is 18.5. The van der Waals surface area contributed by atoms with Crippen LogP contribution in [0.5, 0.6) is 17.4 Å². The topological polar surface area (TPSA) is 114 Å². The highest BCUT2D eigenvalue weighted by Crippen LogP contribution is 2.37. The average molecular weight is 455 g/mol. The Morgan fingerprint density at radius 2 is 1.76 bits per heavy atom. The molecule has 0 bridgehead atoms. The Morgan fingerprint density at radius 3 is 2.53 bits per heavy atom. The van der Waals surface area contributed by atoms with Crippen molar-refractivity contribution >= 4 is 33.5 Å². The van der Waals surface area contributed by atoms with Gasteiger partial charge in [0.05, 0.1) is 30.8 Å². The van der Waals surface area contributed by atoms with Crippen LogP contribution in [0.25, 0.3) is 33.3 Å². The number of aromatic amines is 1. The van der Waals surface area contributed by atoms with Gasteiger partial charge < -0.3 is 24.1 Å². The third-order valence-corrected chi connectivity index (χ3v) is 5.52. The Balaban J connectivity index is 1.49. The van der Waals surface area contributed by atoms with Crippen LogP contribution in [0.3, 0.4) is 0 Å². The van der Waals surface area contributed by atoms with Crippen molar-refractivity contribution in [1.82, 2.24) is 14.5 Å². The van der Waals surface area contributed by atoms with E-state index < -0.39 is 5.91 Å². The Bertz CT molecular complexity index is 1530. The molecule has 5 aromatic rings. The lowest BCUT2D eigenvalue weighted by molar-refractivity contribution is -0.118. The highest BCUT2D eigenvalue weighted by Gasteiger charge is 2.16. The van der Waals surface area contributed by atoms with Gasteiger partial charge in [0.1, 0.15) is 23.9 Å². The molecule has 2 heterocycles. The van der Waals surface area contributed by atoms with Gasteiger partial charge in [-0.25, -0.2) is 4.98 Å². The maximum Gasteiger partial charge on any atom is 0.284 e. The first-order valence-electron chi connectivity index (χ1n) is 10.5. The number of hydrogen-bond donors (Lipinski definition) is 2. The van der Waals surface area contributed by atoms with Crippen LogP contribution in [-0.4, -0.2) is 39.8 Å². The van der Waals surface area contributed by atoms with E-state index in [0.29, 0.717) is 22.5 Å². The third kappa shape index (κ3) is 3.83. The molecule has 1 amide bonds. The first kappa shape index (κ1) is 21.2. The van der Waals surface area contributed by atoms with Crippen molar-refractivity contribution in [3.63, 3.8) is 0 Å². The van der Waals surface area contributed by atoms with Gasteiger partial charge in [0.25, 0.3) is 5.91 Å². The van der Waals surface area contributed by atoms with Crippen LogP contribution in [0.2, 0.25) is 0 Å². The Kier molecular flexibility index (Phi) is 5.43. The molecule has 0 radical (unpaired) electrons. The van der Waals surface area contributed by atoms with Crippen LogP contribution in [0.4, 0.5) is 5.69 Å². The van der Waals surface area contributed by atoms with E-state index in [1.807, 2.05) is 48.5 Å². The number of rotatable bonds is 6. The molecule has 0 saturated carbocycles. The Morgan fingerprint density at radius 1 is 1.03 bits per heavy atom. The summed E-state index contributed by atoms with van der Waals surface area (Å²) in [6.07, 6.45) is 0. The van der Waals surface area contributed by atoms with Crippen molar-refractivity contribution < 1.29 is 19.4 Å². The molecule has 0 spiro atoms. The number of ether oxygens (including phenoxy) is 2. The second-order valence-corrected chi connectivity index (χ2v) is 7.57. The van der Waals surface area contributed by atoms with Gasteiger partial charge in [-0.2, -0.15) is 0 Å². The monoisotopic (exact) mass is 455 g/mol. The number of azo groups is 1. The normalized spacial score (nSPS) is 11.5. The molecule has 5 rings (SSSR count). The van der Waals surface area contributed by atoms with Crippen LogP contribution >= 0.6 is 0 Å². The van der Waals surface area contributed by atoms with Gasteiger partial charge in [0.2, 0.25) is 5.88 Å². The smallest absolute Gasteiger partial charge is 0.284 e. The van der Waals surface area contributed by atoms with Gasteiger partial charge in [0.15, 0.2) is 5.69 Å². The number of carbonyl (C=O) groups excluding carboxylic acids is 1. The number of para-hydroxylation sites is 2. The van der Waals surface area contributed by atoms with Crippen molar-refractivity contribution in [2.24, 2.45) is 10.2 Å². The number of amides is 1. The third-order valence-electron chi connectivity index (χ3n) is 5.52. The molecule has 170 valence electrons. The van der Waals surface area contributed by atoms with E-state index in [0.717, 1.165) is 22.3 Å². The molecule has 9 heteroatoms. The quantitative estimate of drug-likeness (QED) is 0.341. The molecule has 2 aromatic heterocycles. The number of hydrogen-bond acceptors (Lipinski definition) is 6. The summed E-state index contributed by atoms with van der Waals surface area (Å²) in [5, 5.41) is 18.8. The number of nitrogens with zero attached hydrogens (tertiary/aromatic N) is 4. The van der Waals surface area contributed by atoms with Crippen LogP contribution in [0, 0.1) is 0 Å². The van der Waals surface area contributed by atoms with E-state index in [1.165, 1.54) is 0 Å². The largest absolute Gasteiger partial charge is 0.497 e. The van der Waals surface area contributed by atoms with Crippen molar-refractivity contribution in [1.29, 1.82) is 0 Å². The highest BCUT2D eigenvalue weighted by molar-refractivity contribution is 5.95. The molecular formula is C25H21N5O4. The maximum atomic E-state index is 12.9. The lowest BCUT2D eigenvalue weighted by atomic mass is 10.2.